The van der Waals surface area contributed by atoms with Crippen molar-refractivity contribution < 1.29 is 14.3 Å². The third-order valence-corrected chi connectivity index (χ3v) is 4.44. The number of urea groups is 1. The van der Waals surface area contributed by atoms with Crippen LogP contribution in [0, 0.1) is 0 Å². The number of aromatic nitrogens is 1. The lowest BCUT2D eigenvalue weighted by molar-refractivity contribution is 0.0484. The topological polar surface area (TPSA) is 91.3 Å². The van der Waals surface area contributed by atoms with Crippen LogP contribution in [-0.4, -0.2) is 61.2 Å². The van der Waals surface area contributed by atoms with Crippen molar-refractivity contribution in [2.45, 2.75) is 13.0 Å². The van der Waals surface area contributed by atoms with Gasteiger partial charge in [-0.05, 0) is 19.1 Å². The molecule has 1 aromatic heterocycles. The smallest absolute Gasteiger partial charge is 0.323 e. The summed E-state index contributed by atoms with van der Waals surface area (Å²) in [5, 5.41) is 9.73. The number of likely N-dealkylation sites (N-methyl/N-ethyl adjacent to an activating group) is 1. The SMILES string of the molecule is COc1ncc(NC(=O)NC2=C([C@H](C)OC)N3C(=CCN3C)N=C2)cc1Cl. The Bertz CT molecular complexity index is 838. The number of pyridine rings is 1. The second kappa shape index (κ2) is 7.95. The number of hydrazine groups is 1. The maximum Gasteiger partial charge on any atom is 0.323 e. The van der Waals surface area contributed by atoms with Gasteiger partial charge in [-0.2, -0.15) is 0 Å². The minimum atomic E-state index is -0.449. The van der Waals surface area contributed by atoms with Gasteiger partial charge in [0.2, 0.25) is 5.88 Å². The van der Waals surface area contributed by atoms with Crippen molar-refractivity contribution in [3.05, 3.63) is 40.6 Å². The molecule has 0 fully saturated rings. The summed E-state index contributed by atoms with van der Waals surface area (Å²) < 4.78 is 10.5. The van der Waals surface area contributed by atoms with Gasteiger partial charge in [-0.3, -0.25) is 5.01 Å². The third-order valence-electron chi connectivity index (χ3n) is 4.17. The van der Waals surface area contributed by atoms with Gasteiger partial charge >= 0.3 is 6.03 Å². The molecule has 0 radical (unpaired) electrons. The fourth-order valence-corrected chi connectivity index (χ4v) is 3.05. The molecule has 9 nitrogen and oxygen atoms in total. The van der Waals surface area contributed by atoms with Gasteiger partial charge in [0.1, 0.15) is 10.8 Å². The number of hydrogen-bond acceptors (Lipinski definition) is 7. The first-order valence-electron chi connectivity index (χ1n) is 8.24. The quantitative estimate of drug-likeness (QED) is 0.798. The normalized spacial score (nSPS) is 17.5. The molecule has 0 saturated carbocycles. The number of ether oxygens (including phenoxy) is 2. The molecule has 2 amide bonds. The van der Waals surface area contributed by atoms with Gasteiger partial charge in [0.25, 0.3) is 0 Å². The number of allylic oxidation sites excluding steroid dienone is 1. The number of amides is 2. The molecular formula is C17H21ClN6O3. The lowest BCUT2D eigenvalue weighted by Gasteiger charge is -2.35. The van der Waals surface area contributed by atoms with Gasteiger partial charge < -0.3 is 20.1 Å². The summed E-state index contributed by atoms with van der Waals surface area (Å²) >= 11 is 6.04. The Hall–Kier alpha value is -2.62. The molecule has 3 heterocycles. The first kappa shape index (κ1) is 19.2. The van der Waals surface area contributed by atoms with E-state index < -0.39 is 6.03 Å². The summed E-state index contributed by atoms with van der Waals surface area (Å²) in [5.41, 5.74) is 1.77. The number of fused-ring (bicyclic) bond motifs is 1. The fourth-order valence-electron chi connectivity index (χ4n) is 2.81. The van der Waals surface area contributed by atoms with Crippen molar-refractivity contribution in [1.82, 2.24) is 20.3 Å². The van der Waals surface area contributed by atoms with Crippen LogP contribution in [0.3, 0.4) is 0 Å². The van der Waals surface area contributed by atoms with Gasteiger partial charge in [0, 0.05) is 20.7 Å². The zero-order valence-electron chi connectivity index (χ0n) is 15.5. The van der Waals surface area contributed by atoms with E-state index in [1.807, 2.05) is 30.1 Å². The first-order chi connectivity index (χ1) is 12.9. The van der Waals surface area contributed by atoms with Crippen LogP contribution < -0.4 is 15.4 Å². The highest BCUT2D eigenvalue weighted by Crippen LogP contribution is 2.30. The lowest BCUT2D eigenvalue weighted by atomic mass is 10.2. The van der Waals surface area contributed by atoms with Gasteiger partial charge in [-0.1, -0.05) is 11.6 Å². The Kier molecular flexibility index (Phi) is 5.64. The molecule has 0 aromatic carbocycles. The van der Waals surface area contributed by atoms with Crippen LogP contribution in [-0.2, 0) is 4.74 Å². The van der Waals surface area contributed by atoms with Crippen molar-refractivity contribution in [1.29, 1.82) is 0 Å². The van der Waals surface area contributed by atoms with Crippen molar-refractivity contribution >= 4 is 29.5 Å². The minimum Gasteiger partial charge on any atom is -0.480 e. The Morgan fingerprint density at radius 2 is 2.15 bits per heavy atom. The first-order valence-corrected chi connectivity index (χ1v) is 8.62. The van der Waals surface area contributed by atoms with E-state index in [1.54, 1.807) is 19.4 Å². The van der Waals surface area contributed by atoms with Crippen molar-refractivity contribution in [2.24, 2.45) is 4.99 Å². The highest BCUT2D eigenvalue weighted by molar-refractivity contribution is 6.32. The molecule has 2 aliphatic heterocycles. The van der Waals surface area contributed by atoms with Crippen LogP contribution >= 0.6 is 11.6 Å². The van der Waals surface area contributed by atoms with Crippen molar-refractivity contribution in [2.75, 3.05) is 33.1 Å². The monoisotopic (exact) mass is 392 g/mol. The maximum absolute atomic E-state index is 12.5. The van der Waals surface area contributed by atoms with Gasteiger partial charge in [0.05, 0.1) is 42.7 Å². The van der Waals surface area contributed by atoms with Gasteiger partial charge in [0.15, 0.2) is 0 Å². The Morgan fingerprint density at radius 1 is 1.37 bits per heavy atom. The molecule has 0 unspecified atom stereocenters. The number of hydrogen-bond donors (Lipinski definition) is 2. The second-order valence-corrected chi connectivity index (χ2v) is 6.35. The van der Waals surface area contributed by atoms with E-state index in [0.717, 1.165) is 18.1 Å². The predicted octanol–water partition coefficient (Wildman–Crippen LogP) is 2.20. The lowest BCUT2D eigenvalue weighted by Crippen LogP contribution is -2.43. The molecule has 0 spiro atoms. The van der Waals surface area contributed by atoms with Crippen LogP contribution in [0.5, 0.6) is 5.88 Å². The number of halogens is 1. The van der Waals surface area contributed by atoms with E-state index in [2.05, 4.69) is 20.6 Å². The molecule has 2 N–H and O–H groups in total. The van der Waals surface area contributed by atoms with Gasteiger partial charge in [-0.25, -0.2) is 19.8 Å². The number of carbonyl (C=O) groups excluding carboxylic acids is 1. The van der Waals surface area contributed by atoms with E-state index in [1.165, 1.54) is 13.3 Å². The molecule has 1 aromatic rings. The van der Waals surface area contributed by atoms with E-state index in [-0.39, 0.29) is 12.0 Å². The van der Waals surface area contributed by atoms with Crippen LogP contribution in [0.2, 0.25) is 5.02 Å². The van der Waals surface area contributed by atoms with E-state index in [0.29, 0.717) is 16.4 Å². The molecule has 0 bridgehead atoms. The average Bonchev–Trinajstić information content (AvgIpc) is 3.02. The molecule has 144 valence electrons. The molecule has 0 aliphatic carbocycles. The van der Waals surface area contributed by atoms with Crippen LogP contribution in [0.1, 0.15) is 6.92 Å². The molecule has 2 aliphatic rings. The molecule has 27 heavy (non-hydrogen) atoms. The van der Waals surface area contributed by atoms with Crippen LogP contribution in [0.25, 0.3) is 0 Å². The largest absolute Gasteiger partial charge is 0.480 e. The van der Waals surface area contributed by atoms with Crippen LogP contribution in [0.15, 0.2) is 40.5 Å². The standard InChI is InChI=1S/C17H21ClN6O3/c1-10(26-3)15-13(9-19-14-5-6-23(2)24(14)15)22-17(25)21-11-7-12(18)16(27-4)20-8-11/h5,7-10H,6H2,1-4H3,(H2,21,22,25)/t10-/m0/s1. The summed E-state index contributed by atoms with van der Waals surface area (Å²) in [6.07, 6.45) is 4.82. The molecule has 3 rings (SSSR count). The zero-order valence-corrected chi connectivity index (χ0v) is 16.2. The number of methoxy groups -OCH3 is 2. The predicted molar refractivity (Wildman–Crippen MR) is 102 cm³/mol. The summed E-state index contributed by atoms with van der Waals surface area (Å²) in [6, 6.07) is 1.11. The number of aliphatic imine (C=N–C) groups is 1. The Morgan fingerprint density at radius 3 is 2.81 bits per heavy atom. The highest BCUT2D eigenvalue weighted by atomic mass is 35.5. The fraction of sp³-hybridized carbons (Fsp3) is 0.353. The third kappa shape index (κ3) is 3.90. The molecule has 0 saturated heterocycles. The number of anilines is 1. The summed E-state index contributed by atoms with van der Waals surface area (Å²) in [5.74, 6) is 1.09. The summed E-state index contributed by atoms with van der Waals surface area (Å²) in [4.78, 5) is 20.9. The number of nitrogens with one attached hydrogen (secondary N) is 2. The zero-order chi connectivity index (χ0) is 19.6. The van der Waals surface area contributed by atoms with E-state index >= 15 is 0 Å². The molecular weight excluding hydrogens is 372 g/mol. The van der Waals surface area contributed by atoms with Crippen molar-refractivity contribution in [3.8, 4) is 5.88 Å². The maximum atomic E-state index is 12.5. The summed E-state index contributed by atoms with van der Waals surface area (Å²) in [6.45, 7) is 2.63. The molecule has 1 atom stereocenters. The van der Waals surface area contributed by atoms with Crippen LogP contribution in [0.4, 0.5) is 10.5 Å². The Balaban J connectivity index is 1.80. The Labute approximate surface area is 162 Å². The number of nitrogens with zero attached hydrogens (tertiary/aromatic N) is 4. The highest BCUT2D eigenvalue weighted by Gasteiger charge is 2.32. The van der Waals surface area contributed by atoms with Crippen molar-refractivity contribution in [3.63, 3.8) is 0 Å². The minimum absolute atomic E-state index is 0.256. The van der Waals surface area contributed by atoms with E-state index in [4.69, 9.17) is 21.1 Å². The second-order valence-electron chi connectivity index (χ2n) is 5.94. The summed E-state index contributed by atoms with van der Waals surface area (Å²) in [7, 11) is 5.03. The number of carbonyl (C=O) groups is 1. The molecule has 10 heteroatoms. The number of rotatable bonds is 5. The van der Waals surface area contributed by atoms with Gasteiger partial charge in [-0.15, -0.1) is 0 Å². The average molecular weight is 393 g/mol. The van der Waals surface area contributed by atoms with E-state index in [9.17, 15) is 4.79 Å².